The fourth-order valence-corrected chi connectivity index (χ4v) is 1.70. The Hall–Kier alpha value is -1.70. The lowest BCUT2D eigenvalue weighted by molar-refractivity contribution is 0.569. The van der Waals surface area contributed by atoms with Crippen molar-refractivity contribution in [1.29, 1.82) is 0 Å². The van der Waals surface area contributed by atoms with Crippen molar-refractivity contribution in [2.24, 2.45) is 0 Å². The number of benzene rings is 2. The lowest BCUT2D eigenvalue weighted by atomic mass is 9.99. The standard InChI is InChI=1S/C14H12F2/c1-9-5-3-4-6-12(9)11-7-13(15)10(2)14(16)8-11/h3-8H,1-2H3. The maximum Gasteiger partial charge on any atom is 0.129 e. The molecule has 0 aliphatic rings. The highest BCUT2D eigenvalue weighted by molar-refractivity contribution is 5.67. The molecule has 2 aromatic carbocycles. The SMILES string of the molecule is Cc1ccccc1-c1cc(F)c(C)c(F)c1. The lowest BCUT2D eigenvalue weighted by Crippen LogP contribution is -1.91. The lowest BCUT2D eigenvalue weighted by Gasteiger charge is -2.07. The summed E-state index contributed by atoms with van der Waals surface area (Å²) in [5.74, 6) is -1.00. The van der Waals surface area contributed by atoms with Crippen LogP contribution in [0.15, 0.2) is 36.4 Å². The first-order valence-electron chi connectivity index (χ1n) is 5.11. The Morgan fingerprint density at radius 2 is 1.44 bits per heavy atom. The molecule has 2 heteroatoms. The second-order valence-corrected chi connectivity index (χ2v) is 3.88. The number of aryl methyl sites for hydroxylation is 1. The van der Waals surface area contributed by atoms with Gasteiger partial charge in [0.15, 0.2) is 0 Å². The summed E-state index contributed by atoms with van der Waals surface area (Å²) < 4.78 is 26.8. The van der Waals surface area contributed by atoms with Crippen molar-refractivity contribution in [3.8, 4) is 11.1 Å². The molecule has 0 atom stereocenters. The largest absolute Gasteiger partial charge is 0.207 e. The molecule has 2 aromatic rings. The van der Waals surface area contributed by atoms with Crippen LogP contribution in [-0.4, -0.2) is 0 Å². The Balaban J connectivity index is 2.62. The Morgan fingerprint density at radius 3 is 2.00 bits per heavy atom. The zero-order chi connectivity index (χ0) is 11.7. The molecule has 0 amide bonds. The Morgan fingerprint density at radius 1 is 0.875 bits per heavy atom. The molecular weight excluding hydrogens is 206 g/mol. The second kappa shape index (κ2) is 4.05. The summed E-state index contributed by atoms with van der Waals surface area (Å²) in [7, 11) is 0. The average Bonchev–Trinajstić information content (AvgIpc) is 2.26. The Labute approximate surface area is 93.5 Å². The zero-order valence-electron chi connectivity index (χ0n) is 9.22. The Kier molecular flexibility index (Phi) is 2.73. The van der Waals surface area contributed by atoms with Gasteiger partial charge >= 0.3 is 0 Å². The molecule has 0 radical (unpaired) electrons. The maximum absolute atomic E-state index is 13.4. The van der Waals surface area contributed by atoms with Crippen molar-refractivity contribution in [2.75, 3.05) is 0 Å². The Bertz CT molecular complexity index is 507. The van der Waals surface area contributed by atoms with Gasteiger partial charge in [-0.05, 0) is 42.7 Å². The van der Waals surface area contributed by atoms with Crippen LogP contribution < -0.4 is 0 Å². The molecular formula is C14H12F2. The fraction of sp³-hybridized carbons (Fsp3) is 0.143. The van der Waals surface area contributed by atoms with Crippen molar-refractivity contribution < 1.29 is 8.78 Å². The van der Waals surface area contributed by atoms with Gasteiger partial charge in [-0.3, -0.25) is 0 Å². The molecule has 0 fully saturated rings. The van der Waals surface area contributed by atoms with Crippen LogP contribution in [0.1, 0.15) is 11.1 Å². The first kappa shape index (κ1) is 10.8. The highest BCUT2D eigenvalue weighted by atomic mass is 19.1. The molecule has 2 rings (SSSR count). The third kappa shape index (κ3) is 1.83. The van der Waals surface area contributed by atoms with Crippen molar-refractivity contribution >= 4 is 0 Å². The molecule has 0 spiro atoms. The van der Waals surface area contributed by atoms with E-state index in [1.807, 2.05) is 31.2 Å². The van der Waals surface area contributed by atoms with Gasteiger partial charge in [-0.1, -0.05) is 24.3 Å². The summed E-state index contributed by atoms with van der Waals surface area (Å²) >= 11 is 0. The minimum absolute atomic E-state index is 0.0670. The molecule has 0 nitrogen and oxygen atoms in total. The number of hydrogen-bond donors (Lipinski definition) is 0. The minimum atomic E-state index is -0.502. The molecule has 82 valence electrons. The van der Waals surface area contributed by atoms with Crippen LogP contribution in [0.2, 0.25) is 0 Å². The van der Waals surface area contributed by atoms with Gasteiger partial charge < -0.3 is 0 Å². The van der Waals surface area contributed by atoms with Gasteiger partial charge in [0.1, 0.15) is 11.6 Å². The van der Waals surface area contributed by atoms with Gasteiger partial charge in [-0.15, -0.1) is 0 Å². The summed E-state index contributed by atoms with van der Waals surface area (Å²) in [5, 5.41) is 0. The molecule has 0 aliphatic carbocycles. The molecule has 16 heavy (non-hydrogen) atoms. The van der Waals surface area contributed by atoms with E-state index in [0.29, 0.717) is 5.56 Å². The zero-order valence-corrected chi connectivity index (χ0v) is 9.22. The molecule has 0 saturated carbocycles. The van der Waals surface area contributed by atoms with Crippen molar-refractivity contribution in [3.05, 3.63) is 59.2 Å². The first-order valence-corrected chi connectivity index (χ1v) is 5.11. The van der Waals surface area contributed by atoms with Gasteiger partial charge in [-0.2, -0.15) is 0 Å². The van der Waals surface area contributed by atoms with Gasteiger partial charge in [0.25, 0.3) is 0 Å². The molecule has 0 bridgehead atoms. The average molecular weight is 218 g/mol. The van der Waals surface area contributed by atoms with E-state index in [9.17, 15) is 8.78 Å². The quantitative estimate of drug-likeness (QED) is 0.671. The summed E-state index contributed by atoms with van der Waals surface area (Å²) in [6.07, 6.45) is 0. The number of halogens is 2. The van der Waals surface area contributed by atoms with Crippen LogP contribution in [0.4, 0.5) is 8.78 Å². The molecule has 0 aromatic heterocycles. The smallest absolute Gasteiger partial charge is 0.129 e. The van der Waals surface area contributed by atoms with Crippen molar-refractivity contribution in [3.63, 3.8) is 0 Å². The highest BCUT2D eigenvalue weighted by Crippen LogP contribution is 2.26. The van der Waals surface area contributed by atoms with E-state index in [1.54, 1.807) is 0 Å². The predicted octanol–water partition coefficient (Wildman–Crippen LogP) is 4.25. The van der Waals surface area contributed by atoms with Gasteiger partial charge in [0.05, 0.1) is 0 Å². The van der Waals surface area contributed by atoms with Crippen molar-refractivity contribution in [2.45, 2.75) is 13.8 Å². The monoisotopic (exact) mass is 218 g/mol. The maximum atomic E-state index is 13.4. The van der Waals surface area contributed by atoms with Gasteiger partial charge in [-0.25, -0.2) is 8.78 Å². The van der Waals surface area contributed by atoms with E-state index in [1.165, 1.54) is 19.1 Å². The van der Waals surface area contributed by atoms with Crippen LogP contribution in [-0.2, 0) is 0 Å². The molecule has 0 unspecified atom stereocenters. The van der Waals surface area contributed by atoms with Crippen LogP contribution in [0.5, 0.6) is 0 Å². The predicted molar refractivity (Wildman–Crippen MR) is 61.3 cm³/mol. The van der Waals surface area contributed by atoms with E-state index in [0.717, 1.165) is 11.1 Å². The third-order valence-electron chi connectivity index (χ3n) is 2.74. The number of rotatable bonds is 1. The molecule has 0 aliphatic heterocycles. The van der Waals surface area contributed by atoms with Crippen molar-refractivity contribution in [1.82, 2.24) is 0 Å². The third-order valence-corrected chi connectivity index (χ3v) is 2.74. The van der Waals surface area contributed by atoms with E-state index in [-0.39, 0.29) is 5.56 Å². The van der Waals surface area contributed by atoms with Gasteiger partial charge in [0.2, 0.25) is 0 Å². The van der Waals surface area contributed by atoms with Crippen LogP contribution in [0.25, 0.3) is 11.1 Å². The topological polar surface area (TPSA) is 0 Å². The number of hydrogen-bond acceptors (Lipinski definition) is 0. The van der Waals surface area contributed by atoms with Gasteiger partial charge in [0, 0.05) is 5.56 Å². The van der Waals surface area contributed by atoms with Crippen LogP contribution in [0.3, 0.4) is 0 Å². The van der Waals surface area contributed by atoms with Crippen LogP contribution >= 0.6 is 0 Å². The van der Waals surface area contributed by atoms with Crippen LogP contribution in [0, 0.1) is 25.5 Å². The highest BCUT2D eigenvalue weighted by Gasteiger charge is 2.09. The molecule has 0 heterocycles. The first-order chi connectivity index (χ1) is 7.59. The minimum Gasteiger partial charge on any atom is -0.207 e. The van der Waals surface area contributed by atoms with E-state index in [2.05, 4.69) is 0 Å². The summed E-state index contributed by atoms with van der Waals surface area (Å²) in [4.78, 5) is 0. The molecule has 0 N–H and O–H groups in total. The molecule has 0 saturated heterocycles. The van der Waals surface area contributed by atoms with E-state index < -0.39 is 11.6 Å². The fourth-order valence-electron chi connectivity index (χ4n) is 1.70. The normalized spacial score (nSPS) is 10.5. The van der Waals surface area contributed by atoms with E-state index in [4.69, 9.17) is 0 Å². The summed E-state index contributed by atoms with van der Waals surface area (Å²) in [5.41, 5.74) is 2.52. The summed E-state index contributed by atoms with van der Waals surface area (Å²) in [6.45, 7) is 3.36. The van der Waals surface area contributed by atoms with E-state index >= 15 is 0 Å². The summed E-state index contributed by atoms with van der Waals surface area (Å²) in [6, 6.07) is 10.3. The second-order valence-electron chi connectivity index (χ2n) is 3.88.